The van der Waals surface area contributed by atoms with Gasteiger partial charge >= 0.3 is 0 Å². The van der Waals surface area contributed by atoms with Gasteiger partial charge in [0.1, 0.15) is 0 Å². The number of carbonyl (C=O) groups excluding carboxylic acids is 2. The monoisotopic (exact) mass is 445 g/mol. The molecule has 174 valence electrons. The Morgan fingerprint density at radius 3 is 2.30 bits per heavy atom. The van der Waals surface area contributed by atoms with E-state index in [1.54, 1.807) is 0 Å². The number of nitrogens with zero attached hydrogens (tertiary/aromatic N) is 2. The normalized spacial score (nSPS) is 22.8. The summed E-state index contributed by atoms with van der Waals surface area (Å²) in [6, 6.07) is 16.8. The third-order valence-corrected chi connectivity index (χ3v) is 7.67. The van der Waals surface area contributed by atoms with Gasteiger partial charge in [-0.2, -0.15) is 0 Å². The van der Waals surface area contributed by atoms with Crippen LogP contribution in [0, 0.1) is 11.8 Å². The van der Waals surface area contributed by atoms with Crippen molar-refractivity contribution in [3.63, 3.8) is 0 Å². The fourth-order valence-electron chi connectivity index (χ4n) is 5.79. The maximum absolute atomic E-state index is 13.5. The fraction of sp³-hybridized carbons (Fsp3) is 0.500. The van der Waals surface area contributed by atoms with Crippen LogP contribution in [0.3, 0.4) is 0 Å². The van der Waals surface area contributed by atoms with Gasteiger partial charge in [-0.25, -0.2) is 0 Å². The van der Waals surface area contributed by atoms with Crippen molar-refractivity contribution in [3.8, 4) is 0 Å². The first-order valence-corrected chi connectivity index (χ1v) is 12.7. The van der Waals surface area contributed by atoms with Crippen LogP contribution in [0.15, 0.2) is 48.5 Å². The number of benzene rings is 2. The van der Waals surface area contributed by atoms with Gasteiger partial charge in [0.25, 0.3) is 0 Å². The van der Waals surface area contributed by atoms with Crippen LogP contribution >= 0.6 is 0 Å². The third-order valence-electron chi connectivity index (χ3n) is 7.67. The molecule has 2 amide bonds. The van der Waals surface area contributed by atoms with E-state index in [0.717, 1.165) is 56.4 Å². The highest BCUT2D eigenvalue weighted by molar-refractivity contribution is 5.99. The average Bonchev–Trinajstić information content (AvgIpc) is 3.53. The Labute approximate surface area is 197 Å². The molecule has 1 saturated carbocycles. The summed E-state index contributed by atoms with van der Waals surface area (Å²) in [5, 5.41) is 3.14. The molecule has 5 nitrogen and oxygen atoms in total. The number of nitrogens with one attached hydrogen (secondary N) is 1. The summed E-state index contributed by atoms with van der Waals surface area (Å²) < 4.78 is 0. The highest BCUT2D eigenvalue weighted by Gasteiger charge is 2.39. The molecule has 33 heavy (non-hydrogen) atoms. The summed E-state index contributed by atoms with van der Waals surface area (Å²) in [5.74, 6) is -0.283. The SMILES string of the molecule is O=C(NCc1ccc(CN2CCCC2)cc1)C1CCCCC1C(=O)N1CCc2ccccc21. The highest BCUT2D eigenvalue weighted by atomic mass is 16.2. The molecule has 0 spiro atoms. The topological polar surface area (TPSA) is 52.7 Å². The standard InChI is InChI=1S/C28H35N3O2/c32-27(29-19-21-11-13-22(14-12-21)20-30-16-5-6-17-30)24-8-2-3-9-25(24)28(33)31-18-15-23-7-1-4-10-26(23)31/h1,4,7,10-14,24-25H,2-3,5-6,8-9,15-20H2,(H,29,32). The van der Waals surface area contributed by atoms with E-state index in [1.165, 1.54) is 37.1 Å². The number of hydrogen-bond acceptors (Lipinski definition) is 3. The summed E-state index contributed by atoms with van der Waals surface area (Å²) in [6.07, 6.45) is 7.16. The number of carbonyl (C=O) groups is 2. The van der Waals surface area contributed by atoms with Crippen molar-refractivity contribution in [3.05, 3.63) is 65.2 Å². The van der Waals surface area contributed by atoms with Gasteiger partial charge in [-0.3, -0.25) is 14.5 Å². The Morgan fingerprint density at radius 1 is 0.818 bits per heavy atom. The smallest absolute Gasteiger partial charge is 0.230 e. The van der Waals surface area contributed by atoms with Crippen molar-refractivity contribution in [2.45, 2.75) is 58.0 Å². The van der Waals surface area contributed by atoms with Crippen LogP contribution in [0.2, 0.25) is 0 Å². The van der Waals surface area contributed by atoms with Gasteiger partial charge in [0.15, 0.2) is 0 Å². The molecule has 2 unspecified atom stereocenters. The lowest BCUT2D eigenvalue weighted by Gasteiger charge is -2.32. The molecule has 5 heteroatoms. The lowest BCUT2D eigenvalue weighted by atomic mass is 9.77. The molecule has 5 rings (SSSR count). The molecule has 2 atom stereocenters. The van der Waals surface area contributed by atoms with Crippen LogP contribution < -0.4 is 10.2 Å². The summed E-state index contributed by atoms with van der Waals surface area (Å²) in [4.78, 5) is 31.0. The van der Waals surface area contributed by atoms with Crippen LogP contribution in [-0.2, 0) is 29.1 Å². The Kier molecular flexibility index (Phi) is 6.77. The van der Waals surface area contributed by atoms with Crippen molar-refractivity contribution in [2.75, 3.05) is 24.5 Å². The van der Waals surface area contributed by atoms with Crippen LogP contribution in [-0.4, -0.2) is 36.3 Å². The van der Waals surface area contributed by atoms with E-state index in [0.29, 0.717) is 6.54 Å². The van der Waals surface area contributed by atoms with E-state index in [2.05, 4.69) is 40.5 Å². The molecule has 1 aliphatic carbocycles. The van der Waals surface area contributed by atoms with E-state index < -0.39 is 0 Å². The lowest BCUT2D eigenvalue weighted by Crippen LogP contribution is -2.45. The number of para-hydroxylation sites is 1. The molecule has 2 heterocycles. The van der Waals surface area contributed by atoms with Crippen molar-refractivity contribution >= 4 is 17.5 Å². The summed E-state index contributed by atoms with van der Waals surface area (Å²) >= 11 is 0. The van der Waals surface area contributed by atoms with Crippen molar-refractivity contribution in [2.24, 2.45) is 11.8 Å². The Balaban J connectivity index is 1.19. The van der Waals surface area contributed by atoms with Crippen LogP contribution in [0.25, 0.3) is 0 Å². The summed E-state index contributed by atoms with van der Waals surface area (Å²) in [6.45, 7) is 4.65. The minimum absolute atomic E-state index is 0.0293. The van der Waals surface area contributed by atoms with Crippen LogP contribution in [0.4, 0.5) is 5.69 Å². The molecule has 0 aromatic heterocycles. The predicted molar refractivity (Wildman–Crippen MR) is 131 cm³/mol. The fourth-order valence-corrected chi connectivity index (χ4v) is 5.79. The Morgan fingerprint density at radius 2 is 1.52 bits per heavy atom. The molecule has 0 radical (unpaired) electrons. The molecule has 2 aliphatic heterocycles. The lowest BCUT2D eigenvalue weighted by molar-refractivity contribution is -0.135. The third kappa shape index (κ3) is 4.98. The first-order valence-electron chi connectivity index (χ1n) is 12.7. The van der Waals surface area contributed by atoms with Gasteiger partial charge in [0.05, 0.1) is 5.92 Å². The molecular formula is C28H35N3O2. The zero-order chi connectivity index (χ0) is 22.6. The molecule has 2 aromatic rings. The van der Waals surface area contributed by atoms with E-state index in [4.69, 9.17) is 0 Å². The van der Waals surface area contributed by atoms with Crippen molar-refractivity contribution in [1.82, 2.24) is 10.2 Å². The summed E-state index contributed by atoms with van der Waals surface area (Å²) in [7, 11) is 0. The molecule has 1 N–H and O–H groups in total. The van der Waals surface area contributed by atoms with Gasteiger partial charge in [0.2, 0.25) is 11.8 Å². The van der Waals surface area contributed by atoms with Crippen molar-refractivity contribution < 1.29 is 9.59 Å². The maximum Gasteiger partial charge on any atom is 0.230 e. The van der Waals surface area contributed by atoms with Gasteiger partial charge in [-0.1, -0.05) is 55.3 Å². The molecule has 3 aliphatic rings. The Hall–Kier alpha value is -2.66. The van der Waals surface area contributed by atoms with E-state index >= 15 is 0 Å². The van der Waals surface area contributed by atoms with Crippen LogP contribution in [0.1, 0.15) is 55.2 Å². The van der Waals surface area contributed by atoms with Gasteiger partial charge in [-0.05, 0) is 68.0 Å². The largest absolute Gasteiger partial charge is 0.352 e. The number of rotatable bonds is 6. The average molecular weight is 446 g/mol. The Bertz CT molecular complexity index is 981. The van der Waals surface area contributed by atoms with E-state index in [1.807, 2.05) is 23.1 Å². The number of anilines is 1. The molecule has 1 saturated heterocycles. The first kappa shape index (κ1) is 22.1. The second kappa shape index (κ2) is 10.1. The molecular weight excluding hydrogens is 410 g/mol. The van der Waals surface area contributed by atoms with E-state index in [9.17, 15) is 9.59 Å². The first-order chi connectivity index (χ1) is 16.2. The number of likely N-dealkylation sites (tertiary alicyclic amines) is 1. The van der Waals surface area contributed by atoms with E-state index in [-0.39, 0.29) is 23.7 Å². The van der Waals surface area contributed by atoms with Gasteiger partial charge in [0, 0.05) is 31.2 Å². The van der Waals surface area contributed by atoms with Crippen LogP contribution in [0.5, 0.6) is 0 Å². The summed E-state index contributed by atoms with van der Waals surface area (Å²) in [5.41, 5.74) is 4.70. The quantitative estimate of drug-likeness (QED) is 0.722. The zero-order valence-electron chi connectivity index (χ0n) is 19.5. The second-order valence-corrected chi connectivity index (χ2v) is 9.88. The molecule has 2 fully saturated rings. The van der Waals surface area contributed by atoms with Gasteiger partial charge in [-0.15, -0.1) is 0 Å². The predicted octanol–water partition coefficient (Wildman–Crippen LogP) is 4.29. The molecule has 0 bridgehead atoms. The number of fused-ring (bicyclic) bond motifs is 1. The maximum atomic E-state index is 13.5. The highest BCUT2D eigenvalue weighted by Crippen LogP contribution is 2.36. The number of amides is 2. The van der Waals surface area contributed by atoms with Crippen molar-refractivity contribution in [1.29, 1.82) is 0 Å². The minimum Gasteiger partial charge on any atom is -0.352 e. The minimum atomic E-state index is -0.228. The van der Waals surface area contributed by atoms with Gasteiger partial charge < -0.3 is 10.2 Å². The molecule has 2 aromatic carbocycles. The number of hydrogen-bond donors (Lipinski definition) is 1. The second-order valence-electron chi connectivity index (χ2n) is 9.88. The zero-order valence-corrected chi connectivity index (χ0v) is 19.5.